The average Bonchev–Trinajstić information content (AvgIpc) is 2.85. The Morgan fingerprint density at radius 1 is 1.00 bits per heavy atom. The smallest absolute Gasteiger partial charge is 0.254 e. The van der Waals surface area contributed by atoms with Gasteiger partial charge in [-0.3, -0.25) is 9.59 Å². The molecule has 0 radical (unpaired) electrons. The highest BCUT2D eigenvalue weighted by molar-refractivity contribution is 5.96. The molecule has 1 heterocycles. The predicted molar refractivity (Wildman–Crippen MR) is 124 cm³/mol. The molecule has 1 atom stereocenters. The van der Waals surface area contributed by atoms with Crippen LogP contribution in [-0.2, 0) is 11.3 Å². The summed E-state index contributed by atoms with van der Waals surface area (Å²) in [6.45, 7) is 3.20. The van der Waals surface area contributed by atoms with Gasteiger partial charge in [0, 0.05) is 25.2 Å². The van der Waals surface area contributed by atoms with Crippen LogP contribution in [0.15, 0.2) is 36.4 Å². The fraction of sp³-hybridized carbons (Fsp3) is 0.440. The molecule has 0 aliphatic carbocycles. The van der Waals surface area contributed by atoms with Crippen LogP contribution < -0.4 is 24.3 Å². The Morgan fingerprint density at radius 2 is 1.70 bits per heavy atom. The molecule has 1 N–H and O–H groups in total. The van der Waals surface area contributed by atoms with Crippen molar-refractivity contribution >= 4 is 11.8 Å². The van der Waals surface area contributed by atoms with Gasteiger partial charge in [-0.1, -0.05) is 12.1 Å². The summed E-state index contributed by atoms with van der Waals surface area (Å²) in [7, 11) is 6.15. The van der Waals surface area contributed by atoms with Gasteiger partial charge in [-0.25, -0.2) is 0 Å². The predicted octanol–water partition coefficient (Wildman–Crippen LogP) is 3.28. The van der Waals surface area contributed by atoms with E-state index in [1.54, 1.807) is 24.1 Å². The summed E-state index contributed by atoms with van der Waals surface area (Å²) in [6, 6.07) is 10.9. The van der Waals surface area contributed by atoms with Crippen LogP contribution in [0.2, 0.25) is 0 Å². The second kappa shape index (κ2) is 10.5. The van der Waals surface area contributed by atoms with Crippen molar-refractivity contribution < 1.29 is 28.5 Å². The molecular formula is C25H32N2O6. The molecule has 0 saturated carbocycles. The van der Waals surface area contributed by atoms with Gasteiger partial charge in [-0.15, -0.1) is 0 Å². The van der Waals surface area contributed by atoms with E-state index in [1.165, 1.54) is 21.3 Å². The number of ether oxygens (including phenoxy) is 4. The summed E-state index contributed by atoms with van der Waals surface area (Å²) in [5.41, 5.74) is 0.686. The molecule has 0 spiro atoms. The average molecular weight is 457 g/mol. The monoisotopic (exact) mass is 456 g/mol. The maximum atomic E-state index is 13.3. The number of carbonyl (C=O) groups is 2. The highest BCUT2D eigenvalue weighted by atomic mass is 16.5. The fourth-order valence-electron chi connectivity index (χ4n) is 4.16. The summed E-state index contributed by atoms with van der Waals surface area (Å²) in [5.74, 6) is 1.74. The van der Waals surface area contributed by atoms with Crippen LogP contribution in [0.4, 0.5) is 0 Å². The maximum Gasteiger partial charge on any atom is 0.254 e. The van der Waals surface area contributed by atoms with Crippen molar-refractivity contribution in [1.29, 1.82) is 0 Å². The Labute approximate surface area is 194 Å². The van der Waals surface area contributed by atoms with Gasteiger partial charge in [-0.2, -0.15) is 0 Å². The number of nitrogens with zero attached hydrogens (tertiary/aromatic N) is 1. The van der Waals surface area contributed by atoms with Crippen molar-refractivity contribution in [3.63, 3.8) is 0 Å². The van der Waals surface area contributed by atoms with Gasteiger partial charge in [0.05, 0.1) is 33.9 Å². The van der Waals surface area contributed by atoms with Crippen molar-refractivity contribution in [2.24, 2.45) is 5.41 Å². The van der Waals surface area contributed by atoms with Gasteiger partial charge < -0.3 is 29.2 Å². The van der Waals surface area contributed by atoms with Gasteiger partial charge in [0.15, 0.2) is 11.5 Å². The number of methoxy groups -OCH3 is 4. The normalized spacial score (nSPS) is 17.8. The molecule has 8 nitrogen and oxygen atoms in total. The minimum atomic E-state index is -0.687. The van der Waals surface area contributed by atoms with Crippen LogP contribution >= 0.6 is 0 Å². The van der Waals surface area contributed by atoms with Crippen LogP contribution in [0.3, 0.4) is 0 Å². The van der Waals surface area contributed by atoms with Crippen molar-refractivity contribution in [3.05, 3.63) is 47.5 Å². The van der Waals surface area contributed by atoms with E-state index in [0.29, 0.717) is 48.9 Å². The van der Waals surface area contributed by atoms with Crippen LogP contribution in [0.1, 0.15) is 35.7 Å². The highest BCUT2D eigenvalue weighted by Crippen LogP contribution is 2.39. The van der Waals surface area contributed by atoms with Crippen molar-refractivity contribution in [2.45, 2.75) is 26.3 Å². The van der Waals surface area contributed by atoms with Gasteiger partial charge >= 0.3 is 0 Å². The number of piperidine rings is 1. The second-order valence-electron chi connectivity index (χ2n) is 8.34. The first-order chi connectivity index (χ1) is 15.8. The van der Waals surface area contributed by atoms with E-state index in [1.807, 2.05) is 31.2 Å². The number of nitrogens with one attached hydrogen (secondary N) is 1. The Balaban J connectivity index is 1.73. The Morgan fingerprint density at radius 3 is 2.30 bits per heavy atom. The summed E-state index contributed by atoms with van der Waals surface area (Å²) in [4.78, 5) is 28.1. The molecular weight excluding hydrogens is 424 g/mol. The first-order valence-corrected chi connectivity index (χ1v) is 10.9. The number of hydrogen-bond acceptors (Lipinski definition) is 6. The minimum absolute atomic E-state index is 0.0762. The standard InChI is InChI=1S/C25H32N2O6/c1-25(24(29)26-15-17-8-6-9-19(12-17)30-2)10-7-11-27(16-25)23(28)18-13-20(31-3)22(33-5)21(14-18)32-4/h6,8-9,12-14H,7,10-11,15-16H2,1-5H3,(H,26,29). The van der Waals surface area contributed by atoms with Gasteiger partial charge in [0.25, 0.3) is 5.91 Å². The Hall–Kier alpha value is -3.42. The number of hydrogen-bond donors (Lipinski definition) is 1. The molecule has 1 unspecified atom stereocenters. The molecule has 3 rings (SSSR count). The third-order valence-corrected chi connectivity index (χ3v) is 6.03. The molecule has 8 heteroatoms. The molecule has 2 aromatic carbocycles. The van der Waals surface area contributed by atoms with E-state index in [9.17, 15) is 9.59 Å². The van der Waals surface area contributed by atoms with E-state index >= 15 is 0 Å². The SMILES string of the molecule is COc1cccc(CNC(=O)C2(C)CCCN(C(=O)c3cc(OC)c(OC)c(OC)c3)C2)c1. The zero-order valence-corrected chi connectivity index (χ0v) is 19.9. The van der Waals surface area contributed by atoms with Crippen LogP contribution in [0.25, 0.3) is 0 Å². The summed E-state index contributed by atoms with van der Waals surface area (Å²) in [6.07, 6.45) is 1.44. The number of likely N-dealkylation sites (tertiary alicyclic amines) is 1. The molecule has 0 aromatic heterocycles. The van der Waals surface area contributed by atoms with E-state index < -0.39 is 5.41 Å². The number of carbonyl (C=O) groups excluding carboxylic acids is 2. The first kappa shape index (κ1) is 24.2. The van der Waals surface area contributed by atoms with Gasteiger partial charge in [0.1, 0.15) is 5.75 Å². The number of rotatable bonds is 8. The van der Waals surface area contributed by atoms with E-state index in [0.717, 1.165) is 17.7 Å². The lowest BCUT2D eigenvalue weighted by Crippen LogP contribution is -2.51. The molecule has 1 saturated heterocycles. The van der Waals surface area contributed by atoms with Crippen LogP contribution in [0.5, 0.6) is 23.0 Å². The fourth-order valence-corrected chi connectivity index (χ4v) is 4.16. The number of amides is 2. The molecule has 0 bridgehead atoms. The maximum absolute atomic E-state index is 13.3. The third-order valence-electron chi connectivity index (χ3n) is 6.03. The molecule has 2 aromatic rings. The van der Waals surface area contributed by atoms with Gasteiger partial charge in [-0.05, 0) is 49.6 Å². The zero-order valence-electron chi connectivity index (χ0n) is 19.9. The highest BCUT2D eigenvalue weighted by Gasteiger charge is 2.39. The van der Waals surface area contributed by atoms with Crippen molar-refractivity contribution in [1.82, 2.24) is 10.2 Å². The van der Waals surface area contributed by atoms with E-state index in [-0.39, 0.29) is 11.8 Å². The Bertz CT molecular complexity index is 983. The van der Waals surface area contributed by atoms with E-state index in [2.05, 4.69) is 5.32 Å². The zero-order chi connectivity index (χ0) is 24.0. The molecule has 2 amide bonds. The molecule has 33 heavy (non-hydrogen) atoms. The lowest BCUT2D eigenvalue weighted by atomic mass is 9.80. The number of benzene rings is 2. The summed E-state index contributed by atoms with van der Waals surface area (Å²) < 4.78 is 21.3. The van der Waals surface area contributed by atoms with Crippen LogP contribution in [-0.4, -0.2) is 58.2 Å². The molecule has 1 aliphatic rings. The lowest BCUT2D eigenvalue weighted by Gasteiger charge is -2.39. The van der Waals surface area contributed by atoms with Crippen LogP contribution in [0, 0.1) is 5.41 Å². The minimum Gasteiger partial charge on any atom is -0.497 e. The Kier molecular flexibility index (Phi) is 7.68. The molecule has 1 aliphatic heterocycles. The van der Waals surface area contributed by atoms with Crippen molar-refractivity contribution in [2.75, 3.05) is 41.5 Å². The van der Waals surface area contributed by atoms with Crippen molar-refractivity contribution in [3.8, 4) is 23.0 Å². The lowest BCUT2D eigenvalue weighted by molar-refractivity contribution is -0.132. The van der Waals surface area contributed by atoms with E-state index in [4.69, 9.17) is 18.9 Å². The first-order valence-electron chi connectivity index (χ1n) is 10.9. The largest absolute Gasteiger partial charge is 0.497 e. The molecule has 178 valence electrons. The topological polar surface area (TPSA) is 86.3 Å². The van der Waals surface area contributed by atoms with Gasteiger partial charge in [0.2, 0.25) is 11.7 Å². The third kappa shape index (κ3) is 5.32. The second-order valence-corrected chi connectivity index (χ2v) is 8.34. The summed E-state index contributed by atoms with van der Waals surface area (Å²) >= 11 is 0. The summed E-state index contributed by atoms with van der Waals surface area (Å²) in [5, 5.41) is 3.02. The molecule has 1 fully saturated rings. The quantitative estimate of drug-likeness (QED) is 0.656.